The second-order valence-electron chi connectivity index (χ2n) is 9.11. The maximum atomic E-state index is 14.8. The van der Waals surface area contributed by atoms with E-state index < -0.39 is 48.7 Å². The Bertz CT molecular complexity index is 1090. The summed E-state index contributed by atoms with van der Waals surface area (Å²) in [5.41, 5.74) is 0.306. The van der Waals surface area contributed by atoms with E-state index in [4.69, 9.17) is 0 Å². The number of carbonyl (C=O) groups is 3. The lowest BCUT2D eigenvalue weighted by atomic mass is 9.91. The van der Waals surface area contributed by atoms with E-state index in [2.05, 4.69) is 15.7 Å². The van der Waals surface area contributed by atoms with Crippen LogP contribution in [0.2, 0.25) is 0 Å². The number of nitrogens with zero attached hydrogens (tertiary/aromatic N) is 2. The smallest absolute Gasteiger partial charge is 0.347 e. The molecule has 8 nitrogen and oxygen atoms in total. The Labute approximate surface area is 212 Å². The molecule has 12 heteroatoms. The van der Waals surface area contributed by atoms with Gasteiger partial charge in [0.1, 0.15) is 24.1 Å². The number of rotatable bonds is 9. The summed E-state index contributed by atoms with van der Waals surface area (Å²) in [6.45, 7) is 0.837. The van der Waals surface area contributed by atoms with Crippen LogP contribution in [0.1, 0.15) is 61.5 Å². The summed E-state index contributed by atoms with van der Waals surface area (Å²) in [5, 5.41) is 11.2. The van der Waals surface area contributed by atoms with Crippen molar-refractivity contribution in [1.29, 1.82) is 0 Å². The van der Waals surface area contributed by atoms with Crippen molar-refractivity contribution >= 4 is 23.4 Å². The lowest BCUT2D eigenvalue weighted by Crippen LogP contribution is -2.49. The van der Waals surface area contributed by atoms with Gasteiger partial charge in [0.25, 0.3) is 5.91 Å². The van der Waals surface area contributed by atoms with Crippen LogP contribution in [0.5, 0.6) is 0 Å². The van der Waals surface area contributed by atoms with Crippen LogP contribution >= 0.6 is 0 Å². The van der Waals surface area contributed by atoms with Crippen LogP contribution in [0, 0.1) is 11.7 Å². The Hall–Kier alpha value is -3.44. The predicted molar refractivity (Wildman–Crippen MR) is 128 cm³/mol. The van der Waals surface area contributed by atoms with Crippen LogP contribution in [-0.2, 0) is 22.6 Å². The second-order valence-corrected chi connectivity index (χ2v) is 9.11. The number of benzene rings is 1. The molecule has 1 aromatic carbocycles. The van der Waals surface area contributed by atoms with E-state index in [-0.39, 0.29) is 17.2 Å². The minimum atomic E-state index is -4.55. The molecule has 0 saturated heterocycles. The molecule has 202 valence electrons. The molecule has 3 rings (SSSR count). The third kappa shape index (κ3) is 8.29. The topological polar surface area (TPSA) is 105 Å². The van der Waals surface area contributed by atoms with Crippen molar-refractivity contribution in [1.82, 2.24) is 20.4 Å². The highest BCUT2D eigenvalue weighted by Crippen LogP contribution is 2.27. The number of aromatic nitrogens is 2. The minimum absolute atomic E-state index is 0.135. The fraction of sp³-hybridized carbons (Fsp3) is 0.520. The quantitative estimate of drug-likeness (QED) is 0.340. The molecule has 0 spiro atoms. The summed E-state index contributed by atoms with van der Waals surface area (Å²) in [4.78, 5) is 38.0. The van der Waals surface area contributed by atoms with Gasteiger partial charge in [0.2, 0.25) is 11.8 Å². The van der Waals surface area contributed by atoms with Gasteiger partial charge in [-0.3, -0.25) is 19.1 Å². The molecule has 3 N–H and O–H groups in total. The van der Waals surface area contributed by atoms with Gasteiger partial charge in [0.15, 0.2) is 0 Å². The molecule has 1 saturated carbocycles. The molecule has 1 fully saturated rings. The molecule has 3 amide bonds. The molecule has 0 unspecified atom stereocenters. The monoisotopic (exact) mass is 525 g/mol. The summed E-state index contributed by atoms with van der Waals surface area (Å²) in [7, 11) is 0. The number of hydrogen-bond acceptors (Lipinski definition) is 4. The molecular weight excluding hydrogens is 494 g/mol. The molecule has 1 heterocycles. The molecular formula is C25H31F4N5O3. The molecule has 2 aromatic rings. The predicted octanol–water partition coefficient (Wildman–Crippen LogP) is 3.97. The average molecular weight is 526 g/mol. The number of halogens is 4. The standard InChI is InChI=1S/C25H31F4N5O3/c1-2-34-20(11-12-31-34)23(36)33-22(17-7-5-3-4-6-8-17)24(37)32-19-10-9-16(13-18(19)26)14-21(35)30-15-25(27,28)29/h9-13,17,22H,2-8,14-15H2,1H3,(H,30,35)(H,32,37)(H,33,36)/t22-/m0/s1. The molecule has 1 aliphatic carbocycles. The van der Waals surface area contributed by atoms with Crippen molar-refractivity contribution in [2.75, 3.05) is 11.9 Å². The number of aryl methyl sites for hydroxylation is 1. The maximum Gasteiger partial charge on any atom is 0.405 e. The molecule has 0 radical (unpaired) electrons. The van der Waals surface area contributed by atoms with Crippen molar-refractivity contribution in [3.8, 4) is 0 Å². The van der Waals surface area contributed by atoms with E-state index in [1.807, 2.05) is 6.92 Å². The lowest BCUT2D eigenvalue weighted by Gasteiger charge is -2.26. The van der Waals surface area contributed by atoms with E-state index >= 15 is 0 Å². The first-order valence-electron chi connectivity index (χ1n) is 12.3. The Morgan fingerprint density at radius 3 is 2.43 bits per heavy atom. The largest absolute Gasteiger partial charge is 0.405 e. The van der Waals surface area contributed by atoms with Crippen LogP contribution in [0.4, 0.5) is 23.2 Å². The summed E-state index contributed by atoms with van der Waals surface area (Å²) in [6, 6.07) is 4.24. The first-order valence-corrected chi connectivity index (χ1v) is 12.3. The highest BCUT2D eigenvalue weighted by atomic mass is 19.4. The van der Waals surface area contributed by atoms with Gasteiger partial charge in [-0.1, -0.05) is 31.7 Å². The normalized spacial score (nSPS) is 15.5. The summed E-state index contributed by atoms with van der Waals surface area (Å²) in [5.74, 6) is -2.91. The van der Waals surface area contributed by atoms with Gasteiger partial charge >= 0.3 is 6.18 Å². The highest BCUT2D eigenvalue weighted by Gasteiger charge is 2.32. The van der Waals surface area contributed by atoms with E-state index in [0.29, 0.717) is 12.2 Å². The number of hydrogen-bond donors (Lipinski definition) is 3. The fourth-order valence-corrected chi connectivity index (χ4v) is 4.46. The van der Waals surface area contributed by atoms with Gasteiger partial charge in [-0.15, -0.1) is 0 Å². The van der Waals surface area contributed by atoms with Crippen LogP contribution in [0.15, 0.2) is 30.5 Å². The zero-order valence-electron chi connectivity index (χ0n) is 20.5. The molecule has 1 atom stereocenters. The van der Waals surface area contributed by atoms with Crippen molar-refractivity contribution in [3.05, 3.63) is 47.5 Å². The molecule has 37 heavy (non-hydrogen) atoms. The third-order valence-electron chi connectivity index (χ3n) is 6.33. The number of anilines is 1. The van der Waals surface area contributed by atoms with Gasteiger partial charge in [0, 0.05) is 12.7 Å². The van der Waals surface area contributed by atoms with E-state index in [0.717, 1.165) is 44.6 Å². The maximum absolute atomic E-state index is 14.8. The summed E-state index contributed by atoms with van der Waals surface area (Å²) < 4.78 is 53.1. The number of nitrogens with one attached hydrogen (secondary N) is 3. The van der Waals surface area contributed by atoms with Gasteiger partial charge in [0.05, 0.1) is 12.1 Å². The first kappa shape index (κ1) is 28.1. The minimum Gasteiger partial charge on any atom is -0.347 e. The Balaban J connectivity index is 1.72. The van der Waals surface area contributed by atoms with Crippen LogP contribution < -0.4 is 16.0 Å². The molecule has 0 aliphatic heterocycles. The summed E-state index contributed by atoms with van der Waals surface area (Å²) in [6.07, 6.45) is 1.87. The zero-order valence-corrected chi connectivity index (χ0v) is 20.5. The Morgan fingerprint density at radius 2 is 1.81 bits per heavy atom. The van der Waals surface area contributed by atoms with Crippen molar-refractivity contribution in [3.63, 3.8) is 0 Å². The van der Waals surface area contributed by atoms with Crippen LogP contribution in [0.25, 0.3) is 0 Å². The van der Waals surface area contributed by atoms with Crippen molar-refractivity contribution in [2.24, 2.45) is 5.92 Å². The number of amides is 3. The number of carbonyl (C=O) groups excluding carboxylic acids is 3. The molecule has 0 bridgehead atoms. The van der Waals surface area contributed by atoms with E-state index in [9.17, 15) is 31.9 Å². The van der Waals surface area contributed by atoms with Crippen LogP contribution in [0.3, 0.4) is 0 Å². The van der Waals surface area contributed by atoms with E-state index in [1.54, 1.807) is 11.4 Å². The van der Waals surface area contributed by atoms with Gasteiger partial charge in [-0.25, -0.2) is 4.39 Å². The SMILES string of the molecule is CCn1nccc1C(=O)N[C@H](C(=O)Nc1ccc(CC(=O)NCC(F)(F)F)cc1F)C1CCCCCC1. The van der Waals surface area contributed by atoms with Gasteiger partial charge < -0.3 is 16.0 Å². The molecule has 1 aromatic heterocycles. The number of alkyl halides is 3. The van der Waals surface area contributed by atoms with Gasteiger partial charge in [-0.05, 0) is 49.4 Å². The van der Waals surface area contributed by atoms with Gasteiger partial charge in [-0.2, -0.15) is 18.3 Å². The summed E-state index contributed by atoms with van der Waals surface area (Å²) >= 11 is 0. The zero-order chi connectivity index (χ0) is 27.0. The first-order chi connectivity index (χ1) is 17.6. The third-order valence-corrected chi connectivity index (χ3v) is 6.33. The Kier molecular flexibility index (Phi) is 9.65. The highest BCUT2D eigenvalue weighted by molar-refractivity contribution is 6.00. The fourth-order valence-electron chi connectivity index (χ4n) is 4.46. The lowest BCUT2D eigenvalue weighted by molar-refractivity contribution is -0.138. The second kappa shape index (κ2) is 12.7. The van der Waals surface area contributed by atoms with E-state index in [1.165, 1.54) is 23.0 Å². The van der Waals surface area contributed by atoms with Crippen molar-refractivity contribution < 1.29 is 31.9 Å². The van der Waals surface area contributed by atoms with Crippen molar-refractivity contribution in [2.45, 2.75) is 70.6 Å². The Morgan fingerprint density at radius 1 is 1.11 bits per heavy atom. The molecule has 1 aliphatic rings. The average Bonchev–Trinajstić information content (AvgIpc) is 3.17. The van der Waals surface area contributed by atoms with Crippen LogP contribution in [-0.4, -0.2) is 46.3 Å².